The zero-order valence-corrected chi connectivity index (χ0v) is 12.4. The molecule has 0 unspecified atom stereocenters. The smallest absolute Gasteiger partial charge is 0.336 e. The number of halogens is 3. The van der Waals surface area contributed by atoms with E-state index >= 15 is 0 Å². The van der Waals surface area contributed by atoms with Crippen molar-refractivity contribution in [2.45, 2.75) is 19.8 Å². The van der Waals surface area contributed by atoms with E-state index in [2.05, 4.69) is 0 Å². The summed E-state index contributed by atoms with van der Waals surface area (Å²) < 4.78 is 40.7. The Morgan fingerprint density at radius 3 is 2.35 bits per heavy atom. The number of hydrogen-bond donors (Lipinski definition) is 1. The highest BCUT2D eigenvalue weighted by atomic mass is 19.2. The summed E-state index contributed by atoms with van der Waals surface area (Å²) in [5, 5.41) is 9.10. The molecule has 23 heavy (non-hydrogen) atoms. The maximum absolute atomic E-state index is 14.0. The quantitative estimate of drug-likeness (QED) is 0.761. The van der Waals surface area contributed by atoms with Crippen LogP contribution in [-0.4, -0.2) is 11.1 Å². The van der Waals surface area contributed by atoms with Gasteiger partial charge in [0, 0.05) is 5.56 Å². The Morgan fingerprint density at radius 1 is 1.13 bits per heavy atom. The number of hydrogen-bond acceptors (Lipinski definition) is 1. The van der Waals surface area contributed by atoms with Crippen LogP contribution in [0.25, 0.3) is 17.2 Å². The van der Waals surface area contributed by atoms with E-state index in [0.29, 0.717) is 6.07 Å². The molecule has 2 nitrogen and oxygen atoms in total. The minimum atomic E-state index is -1.68. The summed E-state index contributed by atoms with van der Waals surface area (Å²) in [4.78, 5) is 11.2. The zero-order chi connectivity index (χ0) is 17.0. The fourth-order valence-corrected chi connectivity index (χ4v) is 2.19. The Balaban J connectivity index is 2.49. The second-order valence-corrected chi connectivity index (χ2v) is 5.03. The van der Waals surface area contributed by atoms with Crippen molar-refractivity contribution in [3.8, 4) is 11.1 Å². The first kappa shape index (κ1) is 16.8. The van der Waals surface area contributed by atoms with Gasteiger partial charge in [0.25, 0.3) is 0 Å². The van der Waals surface area contributed by atoms with Gasteiger partial charge in [-0.1, -0.05) is 49.8 Å². The van der Waals surface area contributed by atoms with Gasteiger partial charge in [-0.3, -0.25) is 0 Å². The van der Waals surface area contributed by atoms with E-state index in [0.717, 1.165) is 18.4 Å². The molecule has 0 aliphatic carbocycles. The molecule has 0 bridgehead atoms. The number of carbonyl (C=O) groups is 1. The van der Waals surface area contributed by atoms with Crippen LogP contribution in [0.5, 0.6) is 0 Å². The van der Waals surface area contributed by atoms with Crippen LogP contribution < -0.4 is 0 Å². The topological polar surface area (TPSA) is 37.3 Å². The van der Waals surface area contributed by atoms with Crippen LogP contribution >= 0.6 is 0 Å². The molecular weight excluding hydrogens is 305 g/mol. The molecule has 0 saturated heterocycles. The summed E-state index contributed by atoms with van der Waals surface area (Å²) in [6.07, 6.45) is 5.79. The molecule has 0 atom stereocenters. The first-order chi connectivity index (χ1) is 11.0. The third-order valence-corrected chi connectivity index (χ3v) is 3.36. The van der Waals surface area contributed by atoms with E-state index in [1.165, 1.54) is 12.1 Å². The van der Waals surface area contributed by atoms with Crippen LogP contribution in [0.3, 0.4) is 0 Å². The van der Waals surface area contributed by atoms with Crippen LogP contribution in [0.1, 0.15) is 35.7 Å². The van der Waals surface area contributed by atoms with Gasteiger partial charge in [-0.25, -0.2) is 18.0 Å². The van der Waals surface area contributed by atoms with Crippen LogP contribution in [0.2, 0.25) is 0 Å². The minimum absolute atomic E-state index is 0.173. The third kappa shape index (κ3) is 3.62. The van der Waals surface area contributed by atoms with Gasteiger partial charge in [-0.05, 0) is 23.6 Å². The second-order valence-electron chi connectivity index (χ2n) is 5.03. The standard InChI is InChI=1S/C18H15F3O2/c1-2-3-4-5-11-6-8-12(9-7-11)15-13(18(22)23)10-14(19)16(20)17(15)21/h4-10H,2-3H2,1H3,(H,22,23). The van der Waals surface area contributed by atoms with E-state index < -0.39 is 34.5 Å². The van der Waals surface area contributed by atoms with Crippen LogP contribution in [-0.2, 0) is 0 Å². The average Bonchev–Trinajstić information content (AvgIpc) is 2.53. The molecule has 2 rings (SSSR count). The summed E-state index contributed by atoms with van der Waals surface area (Å²) in [6, 6.07) is 6.77. The molecule has 2 aromatic carbocycles. The van der Waals surface area contributed by atoms with E-state index in [1.807, 2.05) is 19.1 Å². The predicted molar refractivity (Wildman–Crippen MR) is 82.7 cm³/mol. The lowest BCUT2D eigenvalue weighted by Gasteiger charge is -2.10. The Bertz CT molecular complexity index is 750. The highest BCUT2D eigenvalue weighted by Gasteiger charge is 2.23. The number of rotatable bonds is 5. The number of benzene rings is 2. The molecule has 120 valence electrons. The number of unbranched alkanes of at least 4 members (excludes halogenated alkanes) is 1. The highest BCUT2D eigenvalue weighted by molar-refractivity contribution is 5.96. The van der Waals surface area contributed by atoms with Crippen molar-refractivity contribution in [1.82, 2.24) is 0 Å². The average molecular weight is 320 g/mol. The Hall–Kier alpha value is -2.56. The van der Waals surface area contributed by atoms with E-state index in [4.69, 9.17) is 5.11 Å². The van der Waals surface area contributed by atoms with Gasteiger partial charge >= 0.3 is 5.97 Å². The predicted octanol–water partition coefficient (Wildman–Crippen LogP) is 5.28. The third-order valence-electron chi connectivity index (χ3n) is 3.36. The second kappa shape index (κ2) is 7.13. The number of aromatic carboxylic acids is 1. The molecule has 1 N–H and O–H groups in total. The first-order valence-electron chi connectivity index (χ1n) is 7.13. The lowest BCUT2D eigenvalue weighted by molar-refractivity contribution is 0.0696. The van der Waals surface area contributed by atoms with Gasteiger partial charge in [0.05, 0.1) is 5.56 Å². The van der Waals surface area contributed by atoms with Gasteiger partial charge in [-0.15, -0.1) is 0 Å². The SMILES string of the molecule is CCCC=Cc1ccc(-c2c(C(=O)O)cc(F)c(F)c2F)cc1. The lowest BCUT2D eigenvalue weighted by atomic mass is 9.97. The molecule has 0 fully saturated rings. The highest BCUT2D eigenvalue weighted by Crippen LogP contribution is 2.30. The molecule has 0 spiro atoms. The molecular formula is C18H15F3O2. The van der Waals surface area contributed by atoms with Gasteiger partial charge in [0.2, 0.25) is 0 Å². The Morgan fingerprint density at radius 2 is 1.78 bits per heavy atom. The summed E-state index contributed by atoms with van der Waals surface area (Å²) in [6.45, 7) is 2.05. The molecule has 2 aromatic rings. The molecule has 0 aliphatic rings. The maximum atomic E-state index is 14.0. The largest absolute Gasteiger partial charge is 0.478 e. The zero-order valence-electron chi connectivity index (χ0n) is 12.4. The van der Waals surface area contributed by atoms with Gasteiger partial charge < -0.3 is 5.11 Å². The maximum Gasteiger partial charge on any atom is 0.336 e. The summed E-state index contributed by atoms with van der Waals surface area (Å²) in [7, 11) is 0. The summed E-state index contributed by atoms with van der Waals surface area (Å²) in [5.74, 6) is -6.24. The van der Waals surface area contributed by atoms with E-state index in [1.54, 1.807) is 12.1 Å². The van der Waals surface area contributed by atoms with E-state index in [9.17, 15) is 18.0 Å². The van der Waals surface area contributed by atoms with Crippen molar-refractivity contribution in [2.75, 3.05) is 0 Å². The Kier molecular flexibility index (Phi) is 5.21. The molecule has 0 radical (unpaired) electrons. The monoisotopic (exact) mass is 320 g/mol. The van der Waals surface area contributed by atoms with Crippen LogP contribution in [0.4, 0.5) is 13.2 Å². The molecule has 5 heteroatoms. The summed E-state index contributed by atoms with van der Waals surface area (Å²) in [5.41, 5.74) is -0.0512. The first-order valence-corrected chi connectivity index (χ1v) is 7.13. The number of allylic oxidation sites excluding steroid dienone is 1. The van der Waals surface area contributed by atoms with Gasteiger partial charge in [0.1, 0.15) is 0 Å². The van der Waals surface area contributed by atoms with Crippen molar-refractivity contribution >= 4 is 12.0 Å². The molecule has 0 heterocycles. The number of carboxylic acid groups (broad SMARTS) is 1. The lowest BCUT2D eigenvalue weighted by Crippen LogP contribution is -2.06. The van der Waals surface area contributed by atoms with Crippen molar-refractivity contribution in [2.24, 2.45) is 0 Å². The van der Waals surface area contributed by atoms with Crippen molar-refractivity contribution in [3.05, 3.63) is 65.0 Å². The fraction of sp³-hybridized carbons (Fsp3) is 0.167. The fourth-order valence-electron chi connectivity index (χ4n) is 2.19. The van der Waals surface area contributed by atoms with Crippen molar-refractivity contribution in [3.63, 3.8) is 0 Å². The van der Waals surface area contributed by atoms with Crippen molar-refractivity contribution in [1.29, 1.82) is 0 Å². The molecule has 0 amide bonds. The van der Waals surface area contributed by atoms with Crippen molar-refractivity contribution < 1.29 is 23.1 Å². The summed E-state index contributed by atoms with van der Waals surface area (Å²) >= 11 is 0. The Labute approximate surface area is 131 Å². The van der Waals surface area contributed by atoms with E-state index in [-0.39, 0.29) is 5.56 Å². The van der Waals surface area contributed by atoms with Gasteiger partial charge in [-0.2, -0.15) is 0 Å². The number of carboxylic acids is 1. The molecule has 0 aromatic heterocycles. The molecule has 0 aliphatic heterocycles. The van der Waals surface area contributed by atoms with Crippen LogP contribution in [0.15, 0.2) is 36.4 Å². The van der Waals surface area contributed by atoms with Crippen LogP contribution in [0, 0.1) is 17.5 Å². The normalized spacial score (nSPS) is 11.1. The van der Waals surface area contributed by atoms with Gasteiger partial charge in [0.15, 0.2) is 17.5 Å². The minimum Gasteiger partial charge on any atom is -0.478 e. The molecule has 0 saturated carbocycles.